The Morgan fingerprint density at radius 3 is 2.66 bits per heavy atom. The van der Waals surface area contributed by atoms with Crippen LogP contribution in [0, 0.1) is 12.8 Å². The Hall–Kier alpha value is -2.67. The zero-order valence-corrected chi connectivity index (χ0v) is 16.2. The predicted octanol–water partition coefficient (Wildman–Crippen LogP) is 2.01. The fourth-order valence-corrected chi connectivity index (χ4v) is 3.22. The van der Waals surface area contributed by atoms with Crippen molar-refractivity contribution in [2.75, 3.05) is 13.2 Å². The SMILES string of the molecule is Cc1nc(COCC2CN(C(N)=O)Cc3nccn3C2)cs1.O=C(O)C(F)(F)F. The number of carbonyl (C=O) groups excluding carboxylic acids is 1. The first-order chi connectivity index (χ1) is 13.6. The monoisotopic (exact) mass is 435 g/mol. The molecule has 0 radical (unpaired) electrons. The summed E-state index contributed by atoms with van der Waals surface area (Å²) in [4.78, 5) is 30.7. The summed E-state index contributed by atoms with van der Waals surface area (Å²) in [5, 5.41) is 10.2. The Morgan fingerprint density at radius 1 is 1.41 bits per heavy atom. The van der Waals surface area contributed by atoms with Crippen LogP contribution in [0.3, 0.4) is 0 Å². The molecule has 3 rings (SSSR count). The van der Waals surface area contributed by atoms with Crippen LogP contribution < -0.4 is 5.73 Å². The van der Waals surface area contributed by atoms with Crippen molar-refractivity contribution in [1.29, 1.82) is 0 Å². The van der Waals surface area contributed by atoms with Crippen LogP contribution in [0.15, 0.2) is 17.8 Å². The molecule has 1 atom stereocenters. The molecular weight excluding hydrogens is 415 g/mol. The summed E-state index contributed by atoms with van der Waals surface area (Å²) in [6.07, 6.45) is -1.41. The zero-order valence-electron chi connectivity index (χ0n) is 15.4. The number of aliphatic carboxylic acids is 1. The molecule has 9 nitrogen and oxygen atoms in total. The van der Waals surface area contributed by atoms with Crippen molar-refractivity contribution in [1.82, 2.24) is 19.4 Å². The first-order valence-corrected chi connectivity index (χ1v) is 9.27. The van der Waals surface area contributed by atoms with Gasteiger partial charge in [-0.15, -0.1) is 11.3 Å². The summed E-state index contributed by atoms with van der Waals surface area (Å²) in [5.41, 5.74) is 6.40. The van der Waals surface area contributed by atoms with Crippen molar-refractivity contribution >= 4 is 23.3 Å². The van der Waals surface area contributed by atoms with E-state index in [1.54, 1.807) is 22.4 Å². The highest BCUT2D eigenvalue weighted by Crippen LogP contribution is 2.17. The highest BCUT2D eigenvalue weighted by atomic mass is 32.1. The standard InChI is InChI=1S/C14H19N5O2S.C2HF3O2/c1-10-17-12(9-22-10)8-21-7-11-4-18-3-2-16-13(18)6-19(5-11)14(15)20;3-2(4,5)1(6)7/h2-3,9,11H,4-8H2,1H3,(H2,15,20);(H,6,7). The highest BCUT2D eigenvalue weighted by Gasteiger charge is 2.38. The number of aromatic nitrogens is 3. The maximum atomic E-state index is 11.5. The molecule has 1 unspecified atom stereocenters. The van der Waals surface area contributed by atoms with Gasteiger partial charge in [0.1, 0.15) is 5.82 Å². The Balaban J connectivity index is 0.000000370. The number of hydrogen-bond donors (Lipinski definition) is 2. The average molecular weight is 435 g/mol. The molecule has 160 valence electrons. The Morgan fingerprint density at radius 2 is 2.10 bits per heavy atom. The van der Waals surface area contributed by atoms with Crippen LogP contribution in [0.5, 0.6) is 0 Å². The molecule has 2 amide bonds. The van der Waals surface area contributed by atoms with Crippen molar-refractivity contribution in [3.63, 3.8) is 0 Å². The summed E-state index contributed by atoms with van der Waals surface area (Å²) in [6, 6.07) is -0.420. The van der Waals surface area contributed by atoms with E-state index in [-0.39, 0.29) is 5.92 Å². The topological polar surface area (TPSA) is 124 Å². The van der Waals surface area contributed by atoms with Crippen molar-refractivity contribution in [3.05, 3.63) is 34.3 Å². The number of hydrogen-bond acceptors (Lipinski definition) is 6. The summed E-state index contributed by atoms with van der Waals surface area (Å²) in [6.45, 7) is 4.82. The van der Waals surface area contributed by atoms with Gasteiger partial charge in [0.05, 0.1) is 30.5 Å². The van der Waals surface area contributed by atoms with Gasteiger partial charge in [-0.3, -0.25) is 0 Å². The minimum absolute atomic E-state index is 0.183. The van der Waals surface area contributed by atoms with E-state index in [1.807, 2.05) is 18.5 Å². The van der Waals surface area contributed by atoms with E-state index in [2.05, 4.69) is 14.5 Å². The second-order valence-electron chi connectivity index (χ2n) is 6.26. The number of carbonyl (C=O) groups is 2. The van der Waals surface area contributed by atoms with Gasteiger partial charge in [-0.25, -0.2) is 19.6 Å². The van der Waals surface area contributed by atoms with Crippen LogP contribution in [-0.4, -0.2) is 55.9 Å². The number of alkyl halides is 3. The molecule has 3 N–H and O–H groups in total. The smallest absolute Gasteiger partial charge is 0.475 e. The summed E-state index contributed by atoms with van der Waals surface area (Å²) < 4.78 is 39.6. The van der Waals surface area contributed by atoms with Gasteiger partial charge in [-0.2, -0.15) is 13.2 Å². The van der Waals surface area contributed by atoms with E-state index in [9.17, 15) is 18.0 Å². The molecule has 1 aliphatic heterocycles. The molecule has 3 heterocycles. The van der Waals surface area contributed by atoms with Crippen LogP contribution in [-0.2, 0) is 29.2 Å². The number of carboxylic acid groups (broad SMARTS) is 1. The van der Waals surface area contributed by atoms with Gasteiger partial charge < -0.3 is 25.0 Å². The molecule has 0 fully saturated rings. The molecule has 0 saturated carbocycles. The number of aryl methyl sites for hydroxylation is 1. The largest absolute Gasteiger partial charge is 0.490 e. The van der Waals surface area contributed by atoms with Crippen molar-refractivity contribution < 1.29 is 32.6 Å². The number of nitrogens with zero attached hydrogens (tertiary/aromatic N) is 4. The number of primary amides is 1. The Bertz CT molecular complexity index is 839. The number of urea groups is 1. The normalized spacial score (nSPS) is 16.4. The van der Waals surface area contributed by atoms with Crippen LogP contribution in [0.2, 0.25) is 0 Å². The number of fused-ring (bicyclic) bond motifs is 1. The fraction of sp³-hybridized carbons (Fsp3) is 0.500. The third-order valence-electron chi connectivity index (χ3n) is 3.89. The quantitative estimate of drug-likeness (QED) is 0.757. The Kier molecular flexibility index (Phi) is 7.56. The fourth-order valence-electron chi connectivity index (χ4n) is 2.62. The van der Waals surface area contributed by atoms with E-state index in [4.69, 9.17) is 20.4 Å². The van der Waals surface area contributed by atoms with Gasteiger partial charge in [0.2, 0.25) is 0 Å². The highest BCUT2D eigenvalue weighted by molar-refractivity contribution is 7.09. The van der Waals surface area contributed by atoms with Crippen LogP contribution in [0.1, 0.15) is 16.5 Å². The van der Waals surface area contributed by atoms with E-state index >= 15 is 0 Å². The van der Waals surface area contributed by atoms with E-state index < -0.39 is 18.2 Å². The predicted molar refractivity (Wildman–Crippen MR) is 95.9 cm³/mol. The molecular formula is C16H20F3N5O4S. The number of imidazole rings is 1. The zero-order chi connectivity index (χ0) is 21.6. The minimum Gasteiger partial charge on any atom is -0.475 e. The summed E-state index contributed by atoms with van der Waals surface area (Å²) in [7, 11) is 0. The number of halogens is 3. The lowest BCUT2D eigenvalue weighted by Gasteiger charge is -2.21. The van der Waals surface area contributed by atoms with Gasteiger partial charge in [0, 0.05) is 36.8 Å². The van der Waals surface area contributed by atoms with Gasteiger partial charge in [0.15, 0.2) is 0 Å². The van der Waals surface area contributed by atoms with Gasteiger partial charge in [-0.1, -0.05) is 0 Å². The molecule has 0 bridgehead atoms. The van der Waals surface area contributed by atoms with Crippen LogP contribution >= 0.6 is 11.3 Å². The maximum Gasteiger partial charge on any atom is 0.490 e. The van der Waals surface area contributed by atoms with E-state index in [0.717, 1.165) is 23.1 Å². The number of nitrogens with two attached hydrogens (primary N) is 1. The third kappa shape index (κ3) is 7.02. The first-order valence-electron chi connectivity index (χ1n) is 8.39. The van der Waals surface area contributed by atoms with Crippen molar-refractivity contribution in [2.45, 2.75) is 32.8 Å². The second kappa shape index (κ2) is 9.69. The Labute approximate surface area is 167 Å². The molecule has 0 aliphatic carbocycles. The third-order valence-corrected chi connectivity index (χ3v) is 4.71. The van der Waals surface area contributed by atoms with E-state index in [0.29, 0.717) is 26.3 Å². The first kappa shape index (κ1) is 22.6. The van der Waals surface area contributed by atoms with Crippen LogP contribution in [0.25, 0.3) is 0 Å². The van der Waals surface area contributed by atoms with Gasteiger partial charge in [0.25, 0.3) is 0 Å². The molecule has 2 aromatic heterocycles. The molecule has 29 heavy (non-hydrogen) atoms. The second-order valence-corrected chi connectivity index (χ2v) is 7.32. The van der Waals surface area contributed by atoms with Gasteiger partial charge >= 0.3 is 18.2 Å². The molecule has 13 heteroatoms. The number of carboxylic acids is 1. The molecule has 1 aliphatic rings. The maximum absolute atomic E-state index is 11.5. The summed E-state index contributed by atoms with van der Waals surface area (Å²) in [5.74, 6) is -1.72. The molecule has 0 saturated heterocycles. The molecule has 0 aromatic carbocycles. The molecule has 2 aromatic rings. The number of rotatable bonds is 4. The summed E-state index contributed by atoms with van der Waals surface area (Å²) >= 11 is 1.62. The minimum atomic E-state index is -5.08. The number of thiazole rings is 1. The number of ether oxygens (including phenoxy) is 1. The number of amides is 2. The average Bonchev–Trinajstić information content (AvgIpc) is 3.18. The van der Waals surface area contributed by atoms with Crippen molar-refractivity contribution in [2.24, 2.45) is 11.7 Å². The van der Waals surface area contributed by atoms with E-state index in [1.165, 1.54) is 0 Å². The van der Waals surface area contributed by atoms with Crippen LogP contribution in [0.4, 0.5) is 18.0 Å². The lowest BCUT2D eigenvalue weighted by atomic mass is 10.1. The van der Waals surface area contributed by atoms with Gasteiger partial charge in [-0.05, 0) is 6.92 Å². The molecule has 0 spiro atoms. The lowest BCUT2D eigenvalue weighted by molar-refractivity contribution is -0.192. The van der Waals surface area contributed by atoms with Crippen molar-refractivity contribution in [3.8, 4) is 0 Å². The lowest BCUT2D eigenvalue weighted by Crippen LogP contribution is -2.38.